The quantitative estimate of drug-likeness (QED) is 0.377. The third-order valence-electron chi connectivity index (χ3n) is 2.95. The molecule has 0 radical (unpaired) electrons. The number of aromatic carboxylic acids is 1. The normalized spacial score (nSPS) is 10.5. The average Bonchev–Trinajstić information content (AvgIpc) is 2.21. The molecule has 102 valence electrons. The van der Waals surface area contributed by atoms with Crippen molar-refractivity contribution in [2.24, 2.45) is 5.11 Å². The first-order valence-corrected chi connectivity index (χ1v) is 5.24. The number of carboxylic acids is 1. The second-order valence-electron chi connectivity index (χ2n) is 4.08. The standard InChI is InChI=1S/C10H10BF3N3O2.K/c1-4-7(10(18)19)5(2)9(16-17-15)6(3)8(4)11(12,13)14;/h1-3H3,(H,18,19);/q-1;+1. The number of carboxylic acid groups (broad SMARTS) is 1. The second-order valence-corrected chi connectivity index (χ2v) is 4.08. The summed E-state index contributed by atoms with van der Waals surface area (Å²) in [4.78, 5) is 13.5. The summed E-state index contributed by atoms with van der Waals surface area (Å²) in [6.45, 7) is -1.81. The molecule has 0 bridgehead atoms. The van der Waals surface area contributed by atoms with Crippen LogP contribution in [0, 0.1) is 20.8 Å². The first-order chi connectivity index (χ1) is 8.62. The van der Waals surface area contributed by atoms with Crippen LogP contribution in [-0.2, 0) is 0 Å². The van der Waals surface area contributed by atoms with Gasteiger partial charge in [0.05, 0.1) is 5.56 Å². The summed E-state index contributed by atoms with van der Waals surface area (Å²) in [5, 5.41) is 12.2. The number of benzene rings is 1. The van der Waals surface area contributed by atoms with Gasteiger partial charge in [-0.05, 0) is 31.9 Å². The fourth-order valence-electron chi connectivity index (χ4n) is 2.23. The number of carbonyl (C=O) groups is 1. The molecule has 0 aromatic heterocycles. The maximum atomic E-state index is 13.0. The maximum Gasteiger partial charge on any atom is 1.00 e. The summed E-state index contributed by atoms with van der Waals surface area (Å²) in [7, 11) is 0. The van der Waals surface area contributed by atoms with E-state index in [-0.39, 0.29) is 73.8 Å². The third kappa shape index (κ3) is 3.57. The SMILES string of the molecule is Cc1c(N=[N+]=[N-])c(C)c([B-](F)(F)F)c(C)c1C(=O)O.[K+]. The summed E-state index contributed by atoms with van der Waals surface area (Å²) < 4.78 is 39.1. The summed E-state index contributed by atoms with van der Waals surface area (Å²) in [6.07, 6.45) is 0. The van der Waals surface area contributed by atoms with Crippen molar-refractivity contribution in [1.29, 1.82) is 0 Å². The Morgan fingerprint density at radius 3 is 2.05 bits per heavy atom. The van der Waals surface area contributed by atoms with Gasteiger partial charge in [0.1, 0.15) is 0 Å². The number of azide groups is 1. The molecule has 1 rings (SSSR count). The van der Waals surface area contributed by atoms with Crippen LogP contribution in [0.4, 0.5) is 18.6 Å². The number of nitrogens with zero attached hydrogens (tertiary/aromatic N) is 3. The Morgan fingerprint density at radius 1 is 1.20 bits per heavy atom. The van der Waals surface area contributed by atoms with Crippen LogP contribution >= 0.6 is 0 Å². The molecule has 0 saturated heterocycles. The molecule has 0 aliphatic rings. The van der Waals surface area contributed by atoms with Gasteiger partial charge in [-0.25, -0.2) is 4.79 Å². The van der Waals surface area contributed by atoms with Crippen molar-refractivity contribution in [3.8, 4) is 0 Å². The van der Waals surface area contributed by atoms with Crippen LogP contribution < -0.4 is 56.8 Å². The van der Waals surface area contributed by atoms with Crippen molar-refractivity contribution in [3.05, 3.63) is 32.7 Å². The van der Waals surface area contributed by atoms with Gasteiger partial charge in [-0.2, -0.15) is 0 Å². The molecule has 0 aliphatic carbocycles. The molecule has 0 aliphatic heterocycles. The molecule has 0 amide bonds. The number of halogens is 3. The van der Waals surface area contributed by atoms with Gasteiger partial charge in [-0.3, -0.25) is 0 Å². The Hall–Kier alpha value is -0.509. The molecule has 0 heterocycles. The van der Waals surface area contributed by atoms with Crippen LogP contribution in [0.15, 0.2) is 5.11 Å². The van der Waals surface area contributed by atoms with Crippen LogP contribution in [0.25, 0.3) is 10.4 Å². The van der Waals surface area contributed by atoms with Crippen molar-refractivity contribution >= 4 is 24.1 Å². The average molecular weight is 311 g/mol. The van der Waals surface area contributed by atoms with Crippen molar-refractivity contribution in [1.82, 2.24) is 0 Å². The van der Waals surface area contributed by atoms with E-state index < -0.39 is 24.0 Å². The van der Waals surface area contributed by atoms with Gasteiger partial charge in [0.2, 0.25) is 0 Å². The summed E-state index contributed by atoms with van der Waals surface area (Å²) in [5.41, 5.74) is 6.07. The number of hydrogen-bond acceptors (Lipinski definition) is 2. The van der Waals surface area contributed by atoms with Gasteiger partial charge < -0.3 is 18.1 Å². The van der Waals surface area contributed by atoms with E-state index in [0.29, 0.717) is 0 Å². The maximum absolute atomic E-state index is 13.0. The third-order valence-corrected chi connectivity index (χ3v) is 2.95. The van der Waals surface area contributed by atoms with Gasteiger partial charge >= 0.3 is 64.3 Å². The minimum Gasteiger partial charge on any atom is -0.478 e. The number of hydrogen-bond donors (Lipinski definition) is 1. The first-order valence-electron chi connectivity index (χ1n) is 5.24. The molecular formula is C10H10BF3KN3O2. The zero-order valence-electron chi connectivity index (χ0n) is 11.4. The van der Waals surface area contributed by atoms with Gasteiger partial charge in [0, 0.05) is 10.6 Å². The van der Waals surface area contributed by atoms with E-state index >= 15 is 0 Å². The van der Waals surface area contributed by atoms with Crippen molar-refractivity contribution < 1.29 is 74.2 Å². The Balaban J connectivity index is 0.00000361. The Kier molecular flexibility index (Phi) is 6.79. The summed E-state index contributed by atoms with van der Waals surface area (Å²) >= 11 is 0. The van der Waals surface area contributed by atoms with E-state index in [4.69, 9.17) is 10.6 Å². The summed E-state index contributed by atoms with van der Waals surface area (Å²) in [6, 6.07) is 0. The van der Waals surface area contributed by atoms with Crippen molar-refractivity contribution in [2.75, 3.05) is 0 Å². The molecule has 1 aromatic carbocycles. The molecule has 0 fully saturated rings. The summed E-state index contributed by atoms with van der Waals surface area (Å²) in [5.74, 6) is -1.48. The van der Waals surface area contributed by atoms with Crippen LogP contribution in [0.3, 0.4) is 0 Å². The van der Waals surface area contributed by atoms with E-state index in [1.165, 1.54) is 13.8 Å². The van der Waals surface area contributed by atoms with E-state index in [2.05, 4.69) is 10.0 Å². The van der Waals surface area contributed by atoms with E-state index in [0.717, 1.165) is 6.92 Å². The van der Waals surface area contributed by atoms with Crippen LogP contribution in [-0.4, -0.2) is 18.1 Å². The number of rotatable bonds is 3. The molecule has 0 unspecified atom stereocenters. The minimum atomic E-state index is -5.40. The molecule has 0 spiro atoms. The fraction of sp³-hybridized carbons (Fsp3) is 0.300. The fourth-order valence-corrected chi connectivity index (χ4v) is 2.23. The van der Waals surface area contributed by atoms with Crippen LogP contribution in [0.5, 0.6) is 0 Å². The van der Waals surface area contributed by atoms with Gasteiger partial charge in [0.25, 0.3) is 0 Å². The molecule has 20 heavy (non-hydrogen) atoms. The zero-order valence-corrected chi connectivity index (χ0v) is 14.5. The largest absolute Gasteiger partial charge is 1.00 e. The molecule has 0 atom stereocenters. The van der Waals surface area contributed by atoms with Gasteiger partial charge in [-0.15, -0.1) is 5.46 Å². The molecule has 1 aromatic rings. The molecule has 0 saturated carbocycles. The monoisotopic (exact) mass is 311 g/mol. The van der Waals surface area contributed by atoms with E-state index in [1.54, 1.807) is 0 Å². The Bertz CT molecular complexity index is 584. The van der Waals surface area contributed by atoms with Crippen molar-refractivity contribution in [2.45, 2.75) is 20.8 Å². The minimum absolute atomic E-state index is 0. The Morgan fingerprint density at radius 2 is 1.70 bits per heavy atom. The predicted octanol–water partition coefficient (Wildman–Crippen LogP) is 0.310. The molecule has 5 nitrogen and oxygen atoms in total. The molecule has 10 heteroatoms. The van der Waals surface area contributed by atoms with Gasteiger partial charge in [0.15, 0.2) is 0 Å². The van der Waals surface area contributed by atoms with Crippen LogP contribution in [0.1, 0.15) is 27.0 Å². The predicted molar refractivity (Wildman–Crippen MR) is 65.1 cm³/mol. The Labute approximate surface area is 155 Å². The smallest absolute Gasteiger partial charge is 0.478 e. The second kappa shape index (κ2) is 6.97. The van der Waals surface area contributed by atoms with Crippen molar-refractivity contribution in [3.63, 3.8) is 0 Å². The van der Waals surface area contributed by atoms with Gasteiger partial charge in [-0.1, -0.05) is 16.2 Å². The van der Waals surface area contributed by atoms with E-state index in [1.807, 2.05) is 0 Å². The molecule has 1 N–H and O–H groups in total. The van der Waals surface area contributed by atoms with Crippen LogP contribution in [0.2, 0.25) is 0 Å². The first kappa shape index (κ1) is 19.5. The molecular weight excluding hydrogens is 301 g/mol. The zero-order chi connectivity index (χ0) is 15.0. The topological polar surface area (TPSA) is 86.1 Å². The van der Waals surface area contributed by atoms with E-state index in [9.17, 15) is 17.7 Å².